The van der Waals surface area contributed by atoms with Gasteiger partial charge in [0, 0.05) is 24.7 Å². The SMILES string of the molecule is CN=C(NCCOc1cccc(Br)c1)NCC1CCCO1.I. The molecule has 0 saturated carbocycles. The minimum Gasteiger partial charge on any atom is -0.492 e. The Hall–Kier alpha value is -0.540. The van der Waals surface area contributed by atoms with Crippen LogP contribution in [0.5, 0.6) is 5.75 Å². The maximum Gasteiger partial charge on any atom is 0.191 e. The first-order chi connectivity index (χ1) is 10.3. The largest absolute Gasteiger partial charge is 0.492 e. The summed E-state index contributed by atoms with van der Waals surface area (Å²) in [5.41, 5.74) is 0. The van der Waals surface area contributed by atoms with Crippen molar-refractivity contribution in [3.05, 3.63) is 28.7 Å². The molecule has 2 rings (SSSR count). The van der Waals surface area contributed by atoms with Gasteiger partial charge in [0.15, 0.2) is 5.96 Å². The molecule has 124 valence electrons. The van der Waals surface area contributed by atoms with Gasteiger partial charge in [0.1, 0.15) is 12.4 Å². The molecule has 0 amide bonds. The first-order valence-corrected chi connectivity index (χ1v) is 8.01. The van der Waals surface area contributed by atoms with Gasteiger partial charge in [-0.3, -0.25) is 4.99 Å². The highest BCUT2D eigenvalue weighted by Crippen LogP contribution is 2.17. The first-order valence-electron chi connectivity index (χ1n) is 7.22. The molecule has 1 saturated heterocycles. The van der Waals surface area contributed by atoms with Crippen molar-refractivity contribution in [1.82, 2.24) is 10.6 Å². The summed E-state index contributed by atoms with van der Waals surface area (Å²) in [6.07, 6.45) is 2.58. The molecular formula is C15H23BrIN3O2. The standard InChI is InChI=1S/C15H22BrN3O2.HI/c1-17-15(19-11-14-6-3-8-20-14)18-7-9-21-13-5-2-4-12(16)10-13;/h2,4-5,10,14H,3,6-9,11H2,1H3,(H2,17,18,19);1H. The van der Waals surface area contributed by atoms with Gasteiger partial charge >= 0.3 is 0 Å². The van der Waals surface area contributed by atoms with E-state index in [9.17, 15) is 0 Å². The average molecular weight is 484 g/mol. The molecule has 1 aliphatic heterocycles. The van der Waals surface area contributed by atoms with Crippen molar-refractivity contribution in [1.29, 1.82) is 0 Å². The van der Waals surface area contributed by atoms with Gasteiger partial charge in [-0.05, 0) is 31.0 Å². The van der Waals surface area contributed by atoms with Crippen molar-refractivity contribution in [2.75, 3.05) is 33.4 Å². The third-order valence-electron chi connectivity index (χ3n) is 3.20. The van der Waals surface area contributed by atoms with Crippen LogP contribution in [0.25, 0.3) is 0 Å². The first kappa shape index (κ1) is 19.5. The van der Waals surface area contributed by atoms with Crippen molar-refractivity contribution in [3.8, 4) is 5.75 Å². The lowest BCUT2D eigenvalue weighted by Crippen LogP contribution is -2.42. The number of halogens is 2. The number of nitrogens with one attached hydrogen (secondary N) is 2. The Bertz CT molecular complexity index is 468. The lowest BCUT2D eigenvalue weighted by molar-refractivity contribution is 0.114. The van der Waals surface area contributed by atoms with Crippen LogP contribution in [0.3, 0.4) is 0 Å². The van der Waals surface area contributed by atoms with Gasteiger partial charge in [0.05, 0.1) is 12.6 Å². The number of hydrogen-bond donors (Lipinski definition) is 2. The fraction of sp³-hybridized carbons (Fsp3) is 0.533. The molecule has 1 heterocycles. The topological polar surface area (TPSA) is 54.9 Å². The summed E-state index contributed by atoms with van der Waals surface area (Å²) in [4.78, 5) is 4.18. The van der Waals surface area contributed by atoms with Gasteiger partial charge in [-0.1, -0.05) is 22.0 Å². The zero-order valence-electron chi connectivity index (χ0n) is 12.7. The highest BCUT2D eigenvalue weighted by atomic mass is 127. The van der Waals surface area contributed by atoms with E-state index in [1.54, 1.807) is 7.05 Å². The molecule has 7 heteroatoms. The Morgan fingerprint density at radius 3 is 3.00 bits per heavy atom. The molecule has 0 spiro atoms. The van der Waals surface area contributed by atoms with E-state index in [0.29, 0.717) is 19.3 Å². The minimum absolute atomic E-state index is 0. The van der Waals surface area contributed by atoms with E-state index < -0.39 is 0 Å². The van der Waals surface area contributed by atoms with Crippen LogP contribution < -0.4 is 15.4 Å². The van der Waals surface area contributed by atoms with E-state index in [1.165, 1.54) is 0 Å². The summed E-state index contributed by atoms with van der Waals surface area (Å²) in [5, 5.41) is 6.49. The molecule has 2 N–H and O–H groups in total. The second-order valence-corrected chi connectivity index (χ2v) is 5.74. The smallest absolute Gasteiger partial charge is 0.191 e. The Morgan fingerprint density at radius 2 is 2.32 bits per heavy atom. The summed E-state index contributed by atoms with van der Waals surface area (Å²) in [6.45, 7) is 2.94. The number of aliphatic imine (C=N–C) groups is 1. The van der Waals surface area contributed by atoms with Crippen LogP contribution >= 0.6 is 39.9 Å². The maximum atomic E-state index is 5.66. The molecule has 1 aliphatic rings. The molecule has 1 aromatic rings. The molecular weight excluding hydrogens is 461 g/mol. The van der Waals surface area contributed by atoms with Gasteiger partial charge in [-0.2, -0.15) is 0 Å². The highest BCUT2D eigenvalue weighted by Gasteiger charge is 2.15. The van der Waals surface area contributed by atoms with E-state index in [-0.39, 0.29) is 24.0 Å². The van der Waals surface area contributed by atoms with E-state index in [1.807, 2.05) is 24.3 Å². The number of ether oxygens (including phenoxy) is 2. The predicted molar refractivity (Wildman–Crippen MR) is 103 cm³/mol. The Morgan fingerprint density at radius 1 is 1.45 bits per heavy atom. The Kier molecular flexibility index (Phi) is 9.81. The van der Waals surface area contributed by atoms with Crippen LogP contribution in [0, 0.1) is 0 Å². The number of guanidine groups is 1. The van der Waals surface area contributed by atoms with Crippen LogP contribution in [0.1, 0.15) is 12.8 Å². The molecule has 0 radical (unpaired) electrons. The fourth-order valence-corrected chi connectivity index (χ4v) is 2.51. The third-order valence-corrected chi connectivity index (χ3v) is 3.70. The molecule has 22 heavy (non-hydrogen) atoms. The summed E-state index contributed by atoms with van der Waals surface area (Å²) in [7, 11) is 1.76. The molecule has 1 aromatic carbocycles. The minimum atomic E-state index is 0. The summed E-state index contributed by atoms with van der Waals surface area (Å²) >= 11 is 3.42. The number of nitrogens with zero attached hydrogens (tertiary/aromatic N) is 1. The highest BCUT2D eigenvalue weighted by molar-refractivity contribution is 14.0. The van der Waals surface area contributed by atoms with E-state index >= 15 is 0 Å². The predicted octanol–water partition coefficient (Wildman–Crippen LogP) is 2.79. The second kappa shape index (κ2) is 11.1. The van der Waals surface area contributed by atoms with Crippen molar-refractivity contribution in [3.63, 3.8) is 0 Å². The van der Waals surface area contributed by atoms with Crippen LogP contribution in [0.2, 0.25) is 0 Å². The number of benzene rings is 1. The van der Waals surface area contributed by atoms with Crippen molar-refractivity contribution in [2.45, 2.75) is 18.9 Å². The van der Waals surface area contributed by atoms with Gasteiger partial charge in [-0.15, -0.1) is 24.0 Å². The molecule has 1 unspecified atom stereocenters. The number of hydrogen-bond acceptors (Lipinski definition) is 3. The van der Waals surface area contributed by atoms with E-state index in [0.717, 1.165) is 42.2 Å². The normalized spacial score (nSPS) is 17.7. The maximum absolute atomic E-state index is 5.66. The van der Waals surface area contributed by atoms with Gasteiger partial charge in [-0.25, -0.2) is 0 Å². The lowest BCUT2D eigenvalue weighted by Gasteiger charge is -2.15. The van der Waals surface area contributed by atoms with Crippen LogP contribution in [-0.2, 0) is 4.74 Å². The van der Waals surface area contributed by atoms with Crippen molar-refractivity contribution < 1.29 is 9.47 Å². The van der Waals surface area contributed by atoms with Gasteiger partial charge in [0.2, 0.25) is 0 Å². The van der Waals surface area contributed by atoms with Crippen molar-refractivity contribution >= 4 is 45.9 Å². The summed E-state index contributed by atoms with van der Waals surface area (Å²) in [6, 6.07) is 7.82. The molecule has 0 bridgehead atoms. The average Bonchev–Trinajstić information content (AvgIpc) is 3.00. The zero-order valence-corrected chi connectivity index (χ0v) is 16.6. The zero-order chi connectivity index (χ0) is 14.9. The Balaban J connectivity index is 0.00000242. The molecule has 1 fully saturated rings. The van der Waals surface area contributed by atoms with Gasteiger partial charge in [0.25, 0.3) is 0 Å². The van der Waals surface area contributed by atoms with E-state index in [4.69, 9.17) is 9.47 Å². The summed E-state index contributed by atoms with van der Waals surface area (Å²) < 4.78 is 12.2. The van der Waals surface area contributed by atoms with E-state index in [2.05, 4.69) is 31.6 Å². The lowest BCUT2D eigenvalue weighted by atomic mass is 10.2. The monoisotopic (exact) mass is 483 g/mol. The van der Waals surface area contributed by atoms with Gasteiger partial charge < -0.3 is 20.1 Å². The van der Waals surface area contributed by atoms with Crippen molar-refractivity contribution in [2.24, 2.45) is 4.99 Å². The molecule has 0 aromatic heterocycles. The van der Waals surface area contributed by atoms with Crippen LogP contribution in [-0.4, -0.2) is 45.4 Å². The fourth-order valence-electron chi connectivity index (χ4n) is 2.13. The second-order valence-electron chi connectivity index (χ2n) is 4.82. The van der Waals surface area contributed by atoms with Crippen LogP contribution in [0.4, 0.5) is 0 Å². The summed E-state index contributed by atoms with van der Waals surface area (Å²) in [5.74, 6) is 1.64. The molecule has 0 aliphatic carbocycles. The molecule has 1 atom stereocenters. The molecule has 5 nitrogen and oxygen atoms in total. The Labute approximate surface area is 157 Å². The quantitative estimate of drug-likeness (QED) is 0.283. The van der Waals surface area contributed by atoms with Crippen LogP contribution in [0.15, 0.2) is 33.7 Å². The third kappa shape index (κ3) is 7.15. The number of rotatable bonds is 6.